The Hall–Kier alpha value is -0.240. The molecule has 2 atom stereocenters. The maximum absolute atomic E-state index is 6.00. The van der Waals surface area contributed by atoms with Crippen LogP contribution in [0.1, 0.15) is 31.2 Å². The Morgan fingerprint density at radius 1 is 1.25 bits per heavy atom. The summed E-state index contributed by atoms with van der Waals surface area (Å²) >= 11 is 12.0. The third-order valence-electron chi connectivity index (χ3n) is 3.07. The van der Waals surface area contributed by atoms with Crippen LogP contribution >= 0.6 is 23.2 Å². The lowest BCUT2D eigenvalue weighted by Crippen LogP contribution is -2.17. The number of nitrogens with one attached hydrogen (secondary N) is 1. The highest BCUT2D eigenvalue weighted by atomic mass is 35.5. The summed E-state index contributed by atoms with van der Waals surface area (Å²) in [5.74, 6) is 1.42. The highest BCUT2D eigenvalue weighted by molar-refractivity contribution is 6.34. The van der Waals surface area contributed by atoms with Crippen molar-refractivity contribution >= 4 is 23.2 Å². The fraction of sp³-hybridized carbons (Fsp3) is 0.538. The van der Waals surface area contributed by atoms with Crippen molar-refractivity contribution in [1.82, 2.24) is 5.32 Å². The molecule has 0 bridgehead atoms. The van der Waals surface area contributed by atoms with Gasteiger partial charge in [-0.25, -0.2) is 0 Å². The molecule has 88 valence electrons. The molecular formula is C13H17Cl2N. The van der Waals surface area contributed by atoms with Crippen LogP contribution in [0.4, 0.5) is 0 Å². The zero-order valence-electron chi connectivity index (χ0n) is 9.47. The van der Waals surface area contributed by atoms with Crippen LogP contribution in [-0.2, 0) is 0 Å². The van der Waals surface area contributed by atoms with Crippen LogP contribution in [0.15, 0.2) is 18.2 Å². The van der Waals surface area contributed by atoms with Gasteiger partial charge in [-0.2, -0.15) is 0 Å². The van der Waals surface area contributed by atoms with E-state index in [2.05, 4.69) is 12.2 Å². The molecule has 1 aliphatic rings. The van der Waals surface area contributed by atoms with Crippen LogP contribution in [0.5, 0.6) is 0 Å². The molecule has 1 nitrogen and oxygen atoms in total. The van der Waals surface area contributed by atoms with Crippen molar-refractivity contribution in [1.29, 1.82) is 0 Å². The van der Waals surface area contributed by atoms with Gasteiger partial charge in [-0.3, -0.25) is 0 Å². The highest BCUT2D eigenvalue weighted by Crippen LogP contribution is 2.47. The first-order valence-corrected chi connectivity index (χ1v) is 6.63. The molecule has 0 radical (unpaired) electrons. The van der Waals surface area contributed by atoms with Crippen LogP contribution in [0.25, 0.3) is 0 Å². The molecule has 1 N–H and O–H groups in total. The minimum Gasteiger partial charge on any atom is -0.316 e. The molecule has 1 aromatic carbocycles. The number of hydrogen-bond donors (Lipinski definition) is 1. The molecule has 0 heterocycles. The summed E-state index contributed by atoms with van der Waals surface area (Å²) in [5, 5.41) is 4.95. The standard InChI is InChI=1S/C13H17Cl2N/c1-2-3-16-8-10-6-13(10)9-4-11(14)7-12(15)5-9/h4-5,7,10,13,16H,2-3,6,8H2,1H3. The molecule has 1 aromatic rings. The van der Waals surface area contributed by atoms with E-state index in [1.165, 1.54) is 18.4 Å². The van der Waals surface area contributed by atoms with Gasteiger partial charge in [0.2, 0.25) is 0 Å². The molecule has 1 aliphatic carbocycles. The Morgan fingerprint density at radius 3 is 2.56 bits per heavy atom. The van der Waals surface area contributed by atoms with Gasteiger partial charge in [-0.05, 0) is 61.5 Å². The summed E-state index contributed by atoms with van der Waals surface area (Å²) in [5.41, 5.74) is 1.29. The lowest BCUT2D eigenvalue weighted by molar-refractivity contribution is 0.620. The maximum atomic E-state index is 6.00. The lowest BCUT2D eigenvalue weighted by Gasteiger charge is -2.04. The lowest BCUT2D eigenvalue weighted by atomic mass is 10.1. The van der Waals surface area contributed by atoms with Crippen LogP contribution < -0.4 is 5.32 Å². The molecule has 16 heavy (non-hydrogen) atoms. The van der Waals surface area contributed by atoms with E-state index in [1.54, 1.807) is 6.07 Å². The first kappa shape index (κ1) is 12.2. The van der Waals surface area contributed by atoms with E-state index in [0.29, 0.717) is 5.92 Å². The van der Waals surface area contributed by atoms with E-state index in [4.69, 9.17) is 23.2 Å². The van der Waals surface area contributed by atoms with Crippen molar-refractivity contribution in [2.75, 3.05) is 13.1 Å². The fourth-order valence-electron chi connectivity index (χ4n) is 2.13. The number of rotatable bonds is 5. The summed E-state index contributed by atoms with van der Waals surface area (Å²) in [4.78, 5) is 0. The molecule has 0 amide bonds. The van der Waals surface area contributed by atoms with E-state index in [9.17, 15) is 0 Å². The largest absolute Gasteiger partial charge is 0.316 e. The zero-order chi connectivity index (χ0) is 11.5. The van der Waals surface area contributed by atoms with Crippen molar-refractivity contribution in [2.45, 2.75) is 25.7 Å². The molecule has 2 rings (SSSR count). The van der Waals surface area contributed by atoms with Crippen molar-refractivity contribution in [2.24, 2.45) is 5.92 Å². The summed E-state index contributed by atoms with van der Waals surface area (Å²) < 4.78 is 0. The van der Waals surface area contributed by atoms with Crippen LogP contribution in [0.2, 0.25) is 10.0 Å². The van der Waals surface area contributed by atoms with Crippen LogP contribution in [0, 0.1) is 5.92 Å². The van der Waals surface area contributed by atoms with Crippen LogP contribution in [-0.4, -0.2) is 13.1 Å². The molecule has 0 saturated heterocycles. The Morgan fingerprint density at radius 2 is 1.94 bits per heavy atom. The van der Waals surface area contributed by atoms with Crippen molar-refractivity contribution in [3.63, 3.8) is 0 Å². The summed E-state index contributed by atoms with van der Waals surface area (Å²) in [7, 11) is 0. The molecule has 1 saturated carbocycles. The van der Waals surface area contributed by atoms with Gasteiger partial charge in [0.05, 0.1) is 0 Å². The smallest absolute Gasteiger partial charge is 0.0423 e. The van der Waals surface area contributed by atoms with Gasteiger partial charge < -0.3 is 5.32 Å². The highest BCUT2D eigenvalue weighted by Gasteiger charge is 2.37. The van der Waals surface area contributed by atoms with Crippen molar-refractivity contribution in [3.05, 3.63) is 33.8 Å². The average molecular weight is 258 g/mol. The van der Waals surface area contributed by atoms with Gasteiger partial charge in [-0.15, -0.1) is 0 Å². The Kier molecular flexibility index (Phi) is 4.12. The van der Waals surface area contributed by atoms with Crippen molar-refractivity contribution in [3.8, 4) is 0 Å². The normalized spacial score (nSPS) is 23.4. The van der Waals surface area contributed by atoms with E-state index in [1.807, 2.05) is 12.1 Å². The Bertz CT molecular complexity index is 345. The first-order valence-electron chi connectivity index (χ1n) is 5.87. The molecule has 0 aliphatic heterocycles. The topological polar surface area (TPSA) is 12.0 Å². The monoisotopic (exact) mass is 257 g/mol. The predicted molar refractivity (Wildman–Crippen MR) is 70.5 cm³/mol. The minimum atomic E-state index is 0.653. The molecule has 2 unspecified atom stereocenters. The van der Waals surface area contributed by atoms with E-state index >= 15 is 0 Å². The van der Waals surface area contributed by atoms with E-state index < -0.39 is 0 Å². The van der Waals surface area contributed by atoms with Gasteiger partial charge >= 0.3 is 0 Å². The second-order valence-electron chi connectivity index (χ2n) is 4.51. The second kappa shape index (κ2) is 5.39. The predicted octanol–water partition coefficient (Wildman–Crippen LogP) is 4.10. The van der Waals surface area contributed by atoms with E-state index in [-0.39, 0.29) is 0 Å². The second-order valence-corrected chi connectivity index (χ2v) is 5.38. The van der Waals surface area contributed by atoms with Gasteiger partial charge in [-0.1, -0.05) is 30.1 Å². The van der Waals surface area contributed by atoms with Gasteiger partial charge in [0, 0.05) is 10.0 Å². The zero-order valence-corrected chi connectivity index (χ0v) is 11.0. The van der Waals surface area contributed by atoms with Crippen LogP contribution in [0.3, 0.4) is 0 Å². The number of halogens is 2. The third kappa shape index (κ3) is 3.13. The van der Waals surface area contributed by atoms with Gasteiger partial charge in [0.25, 0.3) is 0 Å². The first-order chi connectivity index (χ1) is 7.70. The SMILES string of the molecule is CCCNCC1CC1c1cc(Cl)cc(Cl)c1. The van der Waals surface area contributed by atoms with Crippen molar-refractivity contribution < 1.29 is 0 Å². The molecule has 0 aromatic heterocycles. The quantitative estimate of drug-likeness (QED) is 0.784. The molecule has 0 spiro atoms. The Balaban J connectivity index is 1.90. The molecule has 1 fully saturated rings. The van der Waals surface area contributed by atoms with Gasteiger partial charge in [0.15, 0.2) is 0 Å². The summed E-state index contributed by atoms with van der Waals surface area (Å²) in [6, 6.07) is 5.87. The fourth-order valence-corrected chi connectivity index (χ4v) is 2.68. The van der Waals surface area contributed by atoms with E-state index in [0.717, 1.165) is 29.1 Å². The summed E-state index contributed by atoms with van der Waals surface area (Å²) in [6.07, 6.45) is 2.45. The molecular weight excluding hydrogens is 241 g/mol. The summed E-state index contributed by atoms with van der Waals surface area (Å²) in [6.45, 7) is 4.41. The minimum absolute atomic E-state index is 0.653. The molecule has 3 heteroatoms. The average Bonchev–Trinajstić information content (AvgIpc) is 2.96. The maximum Gasteiger partial charge on any atom is 0.0423 e. The third-order valence-corrected chi connectivity index (χ3v) is 3.51. The Labute approximate surface area is 107 Å². The number of hydrogen-bond acceptors (Lipinski definition) is 1. The van der Waals surface area contributed by atoms with Gasteiger partial charge in [0.1, 0.15) is 0 Å². The number of benzene rings is 1.